The third-order valence-corrected chi connectivity index (χ3v) is 5.48. The van der Waals surface area contributed by atoms with E-state index in [1.807, 2.05) is 13.0 Å². The van der Waals surface area contributed by atoms with Gasteiger partial charge in [-0.25, -0.2) is 12.8 Å². The number of rotatable bonds is 4. The molecular weight excluding hydrogens is 265 g/mol. The summed E-state index contributed by atoms with van der Waals surface area (Å²) in [6, 6.07) is 6.33. The molecule has 0 heterocycles. The smallest absolute Gasteiger partial charge is 0.151 e. The van der Waals surface area contributed by atoms with Crippen molar-refractivity contribution in [3.8, 4) is 0 Å². The molecule has 1 aliphatic rings. The summed E-state index contributed by atoms with van der Waals surface area (Å²) in [5, 5.41) is 3.02. The quantitative estimate of drug-likeness (QED) is 0.924. The fourth-order valence-electron chi connectivity index (χ4n) is 2.82. The van der Waals surface area contributed by atoms with Crippen LogP contribution in [0.2, 0.25) is 0 Å². The molecule has 0 amide bonds. The van der Waals surface area contributed by atoms with Gasteiger partial charge in [-0.05, 0) is 37.5 Å². The molecule has 0 aromatic heterocycles. The number of hydrogen-bond acceptors (Lipinski definition) is 3. The Balaban J connectivity index is 2.08. The van der Waals surface area contributed by atoms with Crippen LogP contribution in [0.15, 0.2) is 24.3 Å². The second-order valence-corrected chi connectivity index (χ2v) is 7.61. The van der Waals surface area contributed by atoms with Gasteiger partial charge in [-0.15, -0.1) is 0 Å². The lowest BCUT2D eigenvalue weighted by molar-refractivity contribution is 0.454. The summed E-state index contributed by atoms with van der Waals surface area (Å²) in [6.07, 6.45) is 3.79. The number of halogens is 1. The van der Waals surface area contributed by atoms with Crippen LogP contribution in [0, 0.1) is 5.82 Å². The first-order valence-corrected chi connectivity index (χ1v) is 8.54. The lowest BCUT2D eigenvalue weighted by Gasteiger charge is -2.24. The molecule has 3 nitrogen and oxygen atoms in total. The van der Waals surface area contributed by atoms with Crippen LogP contribution in [0.3, 0.4) is 0 Å². The molecule has 1 fully saturated rings. The van der Waals surface area contributed by atoms with Gasteiger partial charge in [0.1, 0.15) is 5.82 Å². The highest BCUT2D eigenvalue weighted by Gasteiger charge is 2.35. The lowest BCUT2D eigenvalue weighted by atomic mass is 10.1. The minimum atomic E-state index is -3.02. The van der Waals surface area contributed by atoms with E-state index in [0.717, 1.165) is 18.4 Å². The van der Waals surface area contributed by atoms with Gasteiger partial charge in [0.15, 0.2) is 9.84 Å². The highest BCUT2D eigenvalue weighted by atomic mass is 32.2. The third-order valence-electron chi connectivity index (χ3n) is 3.82. The molecule has 1 aliphatic carbocycles. The van der Waals surface area contributed by atoms with Crippen molar-refractivity contribution in [2.45, 2.75) is 43.5 Å². The Hall–Kier alpha value is -0.940. The van der Waals surface area contributed by atoms with Crippen molar-refractivity contribution in [3.63, 3.8) is 0 Å². The van der Waals surface area contributed by atoms with Gasteiger partial charge in [0, 0.05) is 18.3 Å². The molecule has 2 rings (SSSR count). The third kappa shape index (κ3) is 3.54. The summed E-state index contributed by atoms with van der Waals surface area (Å²) in [6.45, 7) is 1.94. The Labute approximate surface area is 114 Å². The summed E-state index contributed by atoms with van der Waals surface area (Å²) in [5.41, 5.74) is 0.846. The normalized spacial score (nSPS) is 25.4. The van der Waals surface area contributed by atoms with Crippen molar-refractivity contribution < 1.29 is 12.8 Å². The molecule has 19 heavy (non-hydrogen) atoms. The largest absolute Gasteiger partial charge is 0.306 e. The topological polar surface area (TPSA) is 46.2 Å². The number of nitrogens with one attached hydrogen (secondary N) is 1. The predicted octanol–water partition coefficient (Wildman–Crippen LogP) is 2.44. The zero-order valence-corrected chi connectivity index (χ0v) is 12.1. The molecule has 0 aliphatic heterocycles. The van der Waals surface area contributed by atoms with E-state index in [1.165, 1.54) is 18.4 Å². The van der Waals surface area contributed by atoms with Crippen LogP contribution in [-0.2, 0) is 9.84 Å². The van der Waals surface area contributed by atoms with Gasteiger partial charge in [0.05, 0.1) is 5.25 Å². The number of sulfone groups is 1. The SMILES string of the molecule is CC(NC1CCCC1S(C)(=O)=O)c1cccc(F)c1. The first kappa shape index (κ1) is 14.5. The Bertz CT molecular complexity index is 544. The van der Waals surface area contributed by atoms with E-state index in [9.17, 15) is 12.8 Å². The lowest BCUT2D eigenvalue weighted by Crippen LogP contribution is -2.41. The van der Waals surface area contributed by atoms with Crippen molar-refractivity contribution in [1.29, 1.82) is 0 Å². The molecule has 0 bridgehead atoms. The van der Waals surface area contributed by atoms with Crippen LogP contribution in [0.25, 0.3) is 0 Å². The van der Waals surface area contributed by atoms with E-state index >= 15 is 0 Å². The van der Waals surface area contributed by atoms with Gasteiger partial charge in [0.25, 0.3) is 0 Å². The van der Waals surface area contributed by atoms with Gasteiger partial charge in [-0.1, -0.05) is 18.6 Å². The molecule has 1 saturated carbocycles. The van der Waals surface area contributed by atoms with Crippen LogP contribution in [0.4, 0.5) is 4.39 Å². The highest BCUT2D eigenvalue weighted by molar-refractivity contribution is 7.91. The van der Waals surface area contributed by atoms with E-state index in [-0.39, 0.29) is 23.2 Å². The summed E-state index contributed by atoms with van der Waals surface area (Å²) >= 11 is 0. The summed E-state index contributed by atoms with van der Waals surface area (Å²) in [7, 11) is -3.02. The molecule has 1 N–H and O–H groups in total. The van der Waals surface area contributed by atoms with E-state index < -0.39 is 9.84 Å². The van der Waals surface area contributed by atoms with E-state index in [0.29, 0.717) is 6.42 Å². The van der Waals surface area contributed by atoms with Crippen molar-refractivity contribution in [3.05, 3.63) is 35.6 Å². The Morgan fingerprint density at radius 1 is 1.37 bits per heavy atom. The zero-order chi connectivity index (χ0) is 14.0. The van der Waals surface area contributed by atoms with Crippen LogP contribution in [-0.4, -0.2) is 26.0 Å². The maximum absolute atomic E-state index is 13.2. The predicted molar refractivity (Wildman–Crippen MR) is 74.2 cm³/mol. The first-order valence-electron chi connectivity index (χ1n) is 6.58. The molecule has 3 atom stereocenters. The maximum atomic E-state index is 13.2. The second-order valence-electron chi connectivity index (χ2n) is 5.35. The zero-order valence-electron chi connectivity index (χ0n) is 11.3. The fourth-order valence-corrected chi connectivity index (χ4v) is 4.23. The van der Waals surface area contributed by atoms with E-state index in [1.54, 1.807) is 6.07 Å². The van der Waals surface area contributed by atoms with Gasteiger partial charge in [0.2, 0.25) is 0 Å². The molecule has 0 radical (unpaired) electrons. The Kier molecular flexibility index (Phi) is 4.26. The molecule has 1 aromatic carbocycles. The summed E-state index contributed by atoms with van der Waals surface area (Å²) in [4.78, 5) is 0. The van der Waals surface area contributed by atoms with Crippen molar-refractivity contribution in [2.24, 2.45) is 0 Å². The van der Waals surface area contributed by atoms with Crippen LogP contribution < -0.4 is 5.32 Å². The maximum Gasteiger partial charge on any atom is 0.151 e. The molecule has 106 valence electrons. The Morgan fingerprint density at radius 3 is 2.74 bits per heavy atom. The molecule has 0 saturated heterocycles. The van der Waals surface area contributed by atoms with Crippen molar-refractivity contribution in [2.75, 3.05) is 6.26 Å². The number of benzene rings is 1. The van der Waals surface area contributed by atoms with Crippen molar-refractivity contribution in [1.82, 2.24) is 5.32 Å². The number of hydrogen-bond donors (Lipinski definition) is 1. The van der Waals surface area contributed by atoms with Gasteiger partial charge >= 0.3 is 0 Å². The molecule has 1 aromatic rings. The summed E-state index contributed by atoms with van der Waals surface area (Å²) in [5.74, 6) is -0.266. The standard InChI is InChI=1S/C14H20FNO2S/c1-10(11-5-3-6-12(15)9-11)16-13-7-4-8-14(13)19(2,17)18/h3,5-6,9-10,13-14,16H,4,7-8H2,1-2H3. The average molecular weight is 285 g/mol. The molecule has 0 spiro atoms. The van der Waals surface area contributed by atoms with E-state index in [4.69, 9.17) is 0 Å². The average Bonchev–Trinajstić information content (AvgIpc) is 2.77. The van der Waals surface area contributed by atoms with Crippen LogP contribution in [0.5, 0.6) is 0 Å². The fraction of sp³-hybridized carbons (Fsp3) is 0.571. The summed E-state index contributed by atoms with van der Waals surface area (Å²) < 4.78 is 36.6. The second kappa shape index (κ2) is 5.59. The van der Waals surface area contributed by atoms with Gasteiger partial charge in [-0.2, -0.15) is 0 Å². The van der Waals surface area contributed by atoms with Crippen molar-refractivity contribution >= 4 is 9.84 Å². The molecular formula is C14H20FNO2S. The van der Waals surface area contributed by atoms with Crippen LogP contribution in [0.1, 0.15) is 37.8 Å². The monoisotopic (exact) mass is 285 g/mol. The molecule has 5 heteroatoms. The van der Waals surface area contributed by atoms with E-state index in [2.05, 4.69) is 5.32 Å². The van der Waals surface area contributed by atoms with Crippen LogP contribution >= 0.6 is 0 Å². The van der Waals surface area contributed by atoms with Gasteiger partial charge in [-0.3, -0.25) is 0 Å². The first-order chi connectivity index (χ1) is 8.88. The highest BCUT2D eigenvalue weighted by Crippen LogP contribution is 2.27. The minimum absolute atomic E-state index is 0.0340. The Morgan fingerprint density at radius 2 is 2.11 bits per heavy atom. The van der Waals surface area contributed by atoms with Gasteiger partial charge < -0.3 is 5.32 Å². The minimum Gasteiger partial charge on any atom is -0.306 e. The molecule has 3 unspecified atom stereocenters.